The third kappa shape index (κ3) is 3.08. The first-order chi connectivity index (χ1) is 13.2. The van der Waals surface area contributed by atoms with Gasteiger partial charge in [0.15, 0.2) is 0 Å². The Morgan fingerprint density at radius 1 is 1.21 bits per heavy atom. The van der Waals surface area contributed by atoms with Crippen molar-refractivity contribution in [1.29, 1.82) is 0 Å². The molecular weight excluding hydrogens is 352 g/mol. The van der Waals surface area contributed by atoms with Crippen LogP contribution in [-0.2, 0) is 0 Å². The Labute approximate surface area is 166 Å². The fourth-order valence-electron chi connectivity index (χ4n) is 5.78. The van der Waals surface area contributed by atoms with Crippen molar-refractivity contribution in [1.82, 2.24) is 0 Å². The topological polar surface area (TPSA) is 59.7 Å². The number of fused-ring (bicyclic) bond motifs is 2. The molecule has 2 aliphatic rings. The lowest BCUT2D eigenvalue weighted by Gasteiger charge is -2.59. The van der Waals surface area contributed by atoms with Gasteiger partial charge in [-0.05, 0) is 60.6 Å². The molecular formula is C24H30O4. The van der Waals surface area contributed by atoms with Gasteiger partial charge in [0.2, 0.25) is 0 Å². The molecule has 4 rings (SSSR count). The summed E-state index contributed by atoms with van der Waals surface area (Å²) >= 11 is 0. The molecule has 0 amide bonds. The van der Waals surface area contributed by atoms with E-state index in [9.17, 15) is 9.90 Å². The molecule has 0 radical (unpaired) electrons. The summed E-state index contributed by atoms with van der Waals surface area (Å²) in [6.45, 7) is 11.7. The van der Waals surface area contributed by atoms with Crippen LogP contribution in [0.25, 0.3) is 11.0 Å². The standard InChI is InChI=1S/C24H30O4/c1-15-5-9-20-23(2,3)21(25)11-12-24(20,4)18(15)14-27-17-8-6-16-7-10-22(26)28-19(16)13-17/h6-8,10,13,18,20-21,25H,1,5,9,11-12,14H2,2-4H3/t18-,20+,21+,24-/m0/s1. The zero-order valence-corrected chi connectivity index (χ0v) is 17.0. The van der Waals surface area contributed by atoms with Crippen LogP contribution in [0.1, 0.15) is 46.5 Å². The second-order valence-electron chi connectivity index (χ2n) is 9.45. The molecule has 0 bridgehead atoms. The smallest absolute Gasteiger partial charge is 0.336 e. The summed E-state index contributed by atoms with van der Waals surface area (Å²) in [6, 6.07) is 8.80. The Kier molecular flexibility index (Phi) is 4.65. The third-order valence-corrected chi connectivity index (χ3v) is 7.56. The van der Waals surface area contributed by atoms with Crippen molar-refractivity contribution in [2.24, 2.45) is 22.7 Å². The van der Waals surface area contributed by atoms with Gasteiger partial charge in [-0.2, -0.15) is 0 Å². The van der Waals surface area contributed by atoms with E-state index in [2.05, 4.69) is 27.4 Å². The molecule has 1 aromatic carbocycles. The van der Waals surface area contributed by atoms with E-state index in [0.717, 1.165) is 31.1 Å². The summed E-state index contributed by atoms with van der Waals surface area (Å²) in [4.78, 5) is 11.5. The Morgan fingerprint density at radius 3 is 2.75 bits per heavy atom. The van der Waals surface area contributed by atoms with E-state index >= 15 is 0 Å². The second kappa shape index (κ2) is 6.77. The highest BCUT2D eigenvalue weighted by atomic mass is 16.5. The second-order valence-corrected chi connectivity index (χ2v) is 9.45. The van der Waals surface area contributed by atoms with Gasteiger partial charge >= 0.3 is 5.63 Å². The lowest BCUT2D eigenvalue weighted by molar-refractivity contribution is -0.128. The molecule has 1 aromatic heterocycles. The quantitative estimate of drug-likeness (QED) is 0.603. The molecule has 2 saturated carbocycles. The summed E-state index contributed by atoms with van der Waals surface area (Å²) in [5.41, 5.74) is 1.40. The van der Waals surface area contributed by atoms with Crippen molar-refractivity contribution in [3.05, 3.63) is 52.9 Å². The number of hydrogen-bond acceptors (Lipinski definition) is 4. The van der Waals surface area contributed by atoms with Crippen LogP contribution >= 0.6 is 0 Å². The first-order valence-corrected chi connectivity index (χ1v) is 10.2. The maximum absolute atomic E-state index is 11.5. The maximum atomic E-state index is 11.5. The number of hydrogen-bond donors (Lipinski definition) is 1. The van der Waals surface area contributed by atoms with E-state index in [0.29, 0.717) is 23.9 Å². The van der Waals surface area contributed by atoms with E-state index < -0.39 is 0 Å². The van der Waals surface area contributed by atoms with Gasteiger partial charge in [0.05, 0.1) is 12.7 Å². The van der Waals surface area contributed by atoms with E-state index in [4.69, 9.17) is 9.15 Å². The lowest BCUT2D eigenvalue weighted by Crippen LogP contribution is -2.55. The SMILES string of the molecule is C=C1CC[C@@H]2C(C)(C)[C@H](O)CC[C@@]2(C)[C@H]1COc1ccc2ccc(=O)oc2c1. The molecule has 1 N–H and O–H groups in total. The van der Waals surface area contributed by atoms with Crippen LogP contribution in [-0.4, -0.2) is 17.8 Å². The average molecular weight is 383 g/mol. The van der Waals surface area contributed by atoms with Gasteiger partial charge in [0.1, 0.15) is 11.3 Å². The van der Waals surface area contributed by atoms with Crippen molar-refractivity contribution in [2.45, 2.75) is 52.6 Å². The molecule has 4 atom stereocenters. The van der Waals surface area contributed by atoms with Crippen LogP contribution < -0.4 is 10.4 Å². The van der Waals surface area contributed by atoms with Crippen LogP contribution in [0.5, 0.6) is 5.75 Å². The summed E-state index contributed by atoms with van der Waals surface area (Å²) in [5, 5.41) is 11.5. The number of aliphatic hydroxyl groups is 1. The minimum absolute atomic E-state index is 0.0709. The van der Waals surface area contributed by atoms with Crippen LogP contribution in [0.15, 0.2) is 51.7 Å². The van der Waals surface area contributed by atoms with Gasteiger partial charge in [-0.25, -0.2) is 4.79 Å². The molecule has 0 unspecified atom stereocenters. The number of ether oxygens (including phenoxy) is 1. The van der Waals surface area contributed by atoms with Crippen molar-refractivity contribution in [2.75, 3.05) is 6.61 Å². The fourth-order valence-corrected chi connectivity index (χ4v) is 5.78. The molecule has 4 nitrogen and oxygen atoms in total. The van der Waals surface area contributed by atoms with Crippen LogP contribution in [0, 0.1) is 22.7 Å². The predicted octanol–water partition coefficient (Wildman–Crippen LogP) is 4.94. The molecule has 0 saturated heterocycles. The zero-order valence-electron chi connectivity index (χ0n) is 17.0. The zero-order chi connectivity index (χ0) is 20.1. The van der Waals surface area contributed by atoms with E-state index in [-0.39, 0.29) is 28.5 Å². The van der Waals surface area contributed by atoms with Crippen molar-refractivity contribution in [3.63, 3.8) is 0 Å². The molecule has 2 aliphatic carbocycles. The largest absolute Gasteiger partial charge is 0.493 e. The Morgan fingerprint density at radius 2 is 1.96 bits per heavy atom. The van der Waals surface area contributed by atoms with E-state index in [1.165, 1.54) is 11.6 Å². The van der Waals surface area contributed by atoms with Gasteiger partial charge in [-0.1, -0.05) is 32.9 Å². The first-order valence-electron chi connectivity index (χ1n) is 10.2. The number of rotatable bonds is 3. The van der Waals surface area contributed by atoms with Gasteiger partial charge in [0.25, 0.3) is 0 Å². The van der Waals surface area contributed by atoms with Gasteiger partial charge < -0.3 is 14.3 Å². The summed E-state index contributed by atoms with van der Waals surface area (Å²) in [5.74, 6) is 1.39. The summed E-state index contributed by atoms with van der Waals surface area (Å²) in [6.07, 6.45) is 3.63. The van der Waals surface area contributed by atoms with Crippen LogP contribution in [0.3, 0.4) is 0 Å². The molecule has 28 heavy (non-hydrogen) atoms. The van der Waals surface area contributed by atoms with Crippen molar-refractivity contribution < 1.29 is 14.3 Å². The van der Waals surface area contributed by atoms with Gasteiger partial charge in [-0.3, -0.25) is 0 Å². The predicted molar refractivity (Wildman–Crippen MR) is 110 cm³/mol. The molecule has 0 spiro atoms. The highest BCUT2D eigenvalue weighted by molar-refractivity contribution is 5.77. The lowest BCUT2D eigenvalue weighted by atomic mass is 9.47. The molecule has 2 fully saturated rings. The molecule has 1 heterocycles. The van der Waals surface area contributed by atoms with Crippen LogP contribution in [0.2, 0.25) is 0 Å². The highest BCUT2D eigenvalue weighted by Gasteiger charge is 2.56. The third-order valence-electron chi connectivity index (χ3n) is 7.56. The highest BCUT2D eigenvalue weighted by Crippen LogP contribution is 2.60. The molecule has 4 heteroatoms. The fraction of sp³-hybridized carbons (Fsp3) is 0.542. The number of aliphatic hydroxyl groups excluding tert-OH is 1. The van der Waals surface area contributed by atoms with E-state index in [1.807, 2.05) is 12.1 Å². The Balaban J connectivity index is 1.58. The first kappa shape index (κ1) is 19.3. The van der Waals surface area contributed by atoms with Gasteiger partial charge in [-0.15, -0.1) is 0 Å². The Bertz CT molecular complexity index is 956. The summed E-state index contributed by atoms with van der Waals surface area (Å²) in [7, 11) is 0. The normalized spacial score (nSPS) is 32.1. The minimum atomic E-state index is -0.358. The molecule has 0 aliphatic heterocycles. The average Bonchev–Trinajstić information content (AvgIpc) is 2.64. The Hall–Kier alpha value is -2.07. The minimum Gasteiger partial charge on any atom is -0.493 e. The van der Waals surface area contributed by atoms with Crippen molar-refractivity contribution in [3.8, 4) is 5.75 Å². The summed E-state index contributed by atoms with van der Waals surface area (Å²) < 4.78 is 11.5. The van der Waals surface area contributed by atoms with Crippen LogP contribution in [0.4, 0.5) is 0 Å². The monoisotopic (exact) mass is 382 g/mol. The molecule has 150 valence electrons. The number of benzene rings is 1. The van der Waals surface area contributed by atoms with Crippen molar-refractivity contribution >= 4 is 11.0 Å². The molecule has 2 aromatic rings. The van der Waals surface area contributed by atoms with E-state index in [1.54, 1.807) is 12.1 Å². The van der Waals surface area contributed by atoms with Gasteiger partial charge in [0, 0.05) is 23.4 Å². The maximum Gasteiger partial charge on any atom is 0.336 e.